The fraction of sp³-hybridized carbons (Fsp3) is 0.438. The van der Waals surface area contributed by atoms with Crippen LogP contribution in [0.1, 0.15) is 18.4 Å². The van der Waals surface area contributed by atoms with Gasteiger partial charge in [-0.05, 0) is 18.4 Å². The number of nitrogens with zero attached hydrogens (tertiary/aromatic N) is 2. The van der Waals surface area contributed by atoms with E-state index in [4.69, 9.17) is 0 Å². The minimum absolute atomic E-state index is 0.107. The average Bonchev–Trinajstić information content (AvgIpc) is 2.82. The molecule has 22 heavy (non-hydrogen) atoms. The van der Waals surface area contributed by atoms with Crippen molar-refractivity contribution in [1.82, 2.24) is 15.1 Å². The maximum Gasteiger partial charge on any atom is 0.325 e. The molecule has 1 atom stereocenters. The van der Waals surface area contributed by atoms with Gasteiger partial charge in [-0.1, -0.05) is 30.3 Å². The highest BCUT2D eigenvalue weighted by atomic mass is 16.2. The van der Waals surface area contributed by atoms with Gasteiger partial charge in [-0.25, -0.2) is 4.79 Å². The number of carbonyl (C=O) groups excluding carboxylic acids is 3. The van der Waals surface area contributed by atoms with Crippen molar-refractivity contribution in [2.45, 2.75) is 31.3 Å². The van der Waals surface area contributed by atoms with Gasteiger partial charge < -0.3 is 10.2 Å². The van der Waals surface area contributed by atoms with E-state index in [-0.39, 0.29) is 18.0 Å². The smallest absolute Gasteiger partial charge is 0.325 e. The van der Waals surface area contributed by atoms with Crippen LogP contribution in [-0.2, 0) is 16.0 Å². The van der Waals surface area contributed by atoms with Gasteiger partial charge in [0.05, 0.1) is 0 Å². The Morgan fingerprint density at radius 2 is 1.82 bits per heavy atom. The van der Waals surface area contributed by atoms with Crippen LogP contribution in [0.25, 0.3) is 0 Å². The molecule has 0 saturated carbocycles. The van der Waals surface area contributed by atoms with Crippen LogP contribution in [0.4, 0.5) is 4.79 Å². The summed E-state index contributed by atoms with van der Waals surface area (Å²) >= 11 is 0. The molecule has 2 aliphatic rings. The van der Waals surface area contributed by atoms with Crippen LogP contribution in [-0.4, -0.2) is 53.3 Å². The van der Waals surface area contributed by atoms with E-state index in [0.29, 0.717) is 32.4 Å². The summed E-state index contributed by atoms with van der Waals surface area (Å²) in [6.07, 6.45) is 2.63. The number of amides is 4. The summed E-state index contributed by atoms with van der Waals surface area (Å²) in [5, 5.41) is 2.78. The number of benzene rings is 1. The van der Waals surface area contributed by atoms with Gasteiger partial charge in [-0.15, -0.1) is 0 Å². The molecule has 1 N–H and O–H groups in total. The number of hydrogen-bond acceptors (Lipinski definition) is 3. The number of nitrogens with one attached hydrogen (secondary N) is 1. The molecular formula is C16H19N3O3. The molecular weight excluding hydrogens is 282 g/mol. The number of likely N-dealkylation sites (tertiary alicyclic amines) is 1. The van der Waals surface area contributed by atoms with Gasteiger partial charge in [0.25, 0.3) is 5.91 Å². The molecule has 1 aromatic carbocycles. The lowest BCUT2D eigenvalue weighted by Crippen LogP contribution is -2.47. The number of hydrogen-bond donors (Lipinski definition) is 1. The summed E-state index contributed by atoms with van der Waals surface area (Å²) < 4.78 is 0. The van der Waals surface area contributed by atoms with Crippen molar-refractivity contribution < 1.29 is 14.4 Å². The van der Waals surface area contributed by atoms with Crippen molar-refractivity contribution >= 4 is 18.3 Å². The topological polar surface area (TPSA) is 69.7 Å². The third-order valence-corrected chi connectivity index (χ3v) is 4.35. The zero-order valence-electron chi connectivity index (χ0n) is 12.3. The van der Waals surface area contributed by atoms with Gasteiger partial charge in [0.2, 0.25) is 6.41 Å². The minimum atomic E-state index is -0.487. The average molecular weight is 301 g/mol. The zero-order valence-corrected chi connectivity index (χ0v) is 12.3. The lowest BCUT2D eigenvalue weighted by molar-refractivity contribution is -0.130. The molecule has 0 radical (unpaired) electrons. The van der Waals surface area contributed by atoms with Crippen LogP contribution in [0.5, 0.6) is 0 Å². The quantitative estimate of drug-likeness (QED) is 0.660. The van der Waals surface area contributed by atoms with Gasteiger partial charge >= 0.3 is 6.03 Å². The predicted molar refractivity (Wildman–Crippen MR) is 80.0 cm³/mol. The lowest BCUT2D eigenvalue weighted by atomic mass is 10.0. The Bertz CT molecular complexity index is 567. The van der Waals surface area contributed by atoms with E-state index in [1.54, 1.807) is 4.90 Å². The minimum Gasteiger partial charge on any atom is -0.345 e. The fourth-order valence-electron chi connectivity index (χ4n) is 3.13. The molecule has 1 unspecified atom stereocenters. The van der Waals surface area contributed by atoms with Crippen molar-refractivity contribution in [2.24, 2.45) is 0 Å². The largest absolute Gasteiger partial charge is 0.345 e. The molecule has 116 valence electrons. The summed E-state index contributed by atoms with van der Waals surface area (Å²) in [5.41, 5.74) is 1.03. The monoisotopic (exact) mass is 301 g/mol. The Kier molecular flexibility index (Phi) is 4.09. The van der Waals surface area contributed by atoms with Gasteiger partial charge in [-0.2, -0.15) is 0 Å². The molecule has 2 fully saturated rings. The summed E-state index contributed by atoms with van der Waals surface area (Å²) in [6.45, 7) is 1.18. The standard InChI is InChI=1S/C16H19N3O3/c20-11-18-8-6-13(7-9-18)19-15(21)14(17-16(19)22)10-12-4-2-1-3-5-12/h1-5,11,13-14H,6-10H2,(H,17,22). The maximum atomic E-state index is 12.5. The summed E-state index contributed by atoms with van der Waals surface area (Å²) in [5.74, 6) is -0.154. The van der Waals surface area contributed by atoms with Crippen molar-refractivity contribution in [3.8, 4) is 0 Å². The van der Waals surface area contributed by atoms with E-state index in [2.05, 4.69) is 5.32 Å². The van der Waals surface area contributed by atoms with E-state index in [1.807, 2.05) is 30.3 Å². The Balaban J connectivity index is 1.65. The molecule has 1 aromatic rings. The van der Waals surface area contributed by atoms with Crippen molar-refractivity contribution in [3.05, 3.63) is 35.9 Å². The summed E-state index contributed by atoms with van der Waals surface area (Å²) in [4.78, 5) is 38.4. The van der Waals surface area contributed by atoms with Crippen LogP contribution in [0, 0.1) is 0 Å². The van der Waals surface area contributed by atoms with E-state index in [9.17, 15) is 14.4 Å². The molecule has 0 aromatic heterocycles. The highest BCUT2D eigenvalue weighted by Crippen LogP contribution is 2.21. The second-order valence-corrected chi connectivity index (χ2v) is 5.77. The fourth-order valence-corrected chi connectivity index (χ4v) is 3.13. The molecule has 6 heteroatoms. The van der Waals surface area contributed by atoms with E-state index >= 15 is 0 Å². The molecule has 0 bridgehead atoms. The molecule has 3 rings (SSSR count). The van der Waals surface area contributed by atoms with Crippen LogP contribution in [0.2, 0.25) is 0 Å². The first-order valence-electron chi connectivity index (χ1n) is 7.56. The molecule has 4 amide bonds. The van der Waals surface area contributed by atoms with Gasteiger partial charge in [0.1, 0.15) is 6.04 Å². The Hall–Kier alpha value is -2.37. The molecule has 0 aliphatic carbocycles. The maximum absolute atomic E-state index is 12.5. The summed E-state index contributed by atoms with van der Waals surface area (Å²) in [6, 6.07) is 8.76. The van der Waals surface area contributed by atoms with E-state index in [0.717, 1.165) is 12.0 Å². The number of urea groups is 1. The predicted octanol–water partition coefficient (Wildman–Crippen LogP) is 0.770. The van der Waals surface area contributed by atoms with Crippen LogP contribution >= 0.6 is 0 Å². The Morgan fingerprint density at radius 3 is 2.45 bits per heavy atom. The van der Waals surface area contributed by atoms with E-state index < -0.39 is 6.04 Å². The molecule has 2 aliphatic heterocycles. The highest BCUT2D eigenvalue weighted by molar-refractivity contribution is 6.04. The SMILES string of the molecule is O=CN1CCC(N2C(=O)NC(Cc3ccccc3)C2=O)CC1. The molecule has 6 nitrogen and oxygen atoms in total. The Labute approximate surface area is 129 Å². The second-order valence-electron chi connectivity index (χ2n) is 5.77. The van der Waals surface area contributed by atoms with E-state index in [1.165, 1.54) is 4.90 Å². The van der Waals surface area contributed by atoms with Gasteiger partial charge in [0, 0.05) is 25.6 Å². The summed E-state index contributed by atoms with van der Waals surface area (Å²) in [7, 11) is 0. The van der Waals surface area contributed by atoms with Crippen molar-refractivity contribution in [1.29, 1.82) is 0 Å². The molecule has 0 spiro atoms. The van der Waals surface area contributed by atoms with Crippen molar-refractivity contribution in [2.75, 3.05) is 13.1 Å². The van der Waals surface area contributed by atoms with Gasteiger partial charge in [-0.3, -0.25) is 14.5 Å². The first-order chi connectivity index (χ1) is 10.7. The number of piperidine rings is 1. The third-order valence-electron chi connectivity index (χ3n) is 4.35. The normalized spacial score (nSPS) is 22.8. The Morgan fingerprint density at radius 1 is 1.14 bits per heavy atom. The van der Waals surface area contributed by atoms with Crippen LogP contribution < -0.4 is 5.32 Å². The second kappa shape index (κ2) is 6.17. The highest BCUT2D eigenvalue weighted by Gasteiger charge is 2.42. The first kappa shape index (κ1) is 14.6. The first-order valence-corrected chi connectivity index (χ1v) is 7.56. The van der Waals surface area contributed by atoms with Crippen LogP contribution in [0.15, 0.2) is 30.3 Å². The number of rotatable bonds is 4. The number of carbonyl (C=O) groups is 3. The number of imide groups is 1. The zero-order chi connectivity index (χ0) is 15.5. The van der Waals surface area contributed by atoms with Gasteiger partial charge in [0.15, 0.2) is 0 Å². The van der Waals surface area contributed by atoms with Crippen molar-refractivity contribution in [3.63, 3.8) is 0 Å². The lowest BCUT2D eigenvalue weighted by Gasteiger charge is -2.33. The third kappa shape index (κ3) is 2.81. The molecule has 2 saturated heterocycles. The van der Waals surface area contributed by atoms with Crippen LogP contribution in [0.3, 0.4) is 0 Å². The molecule has 2 heterocycles.